The van der Waals surface area contributed by atoms with Crippen LogP contribution in [0.4, 0.5) is 5.69 Å². The first kappa shape index (κ1) is 11.1. The molecule has 1 atom stereocenters. The zero-order valence-corrected chi connectivity index (χ0v) is 10.1. The van der Waals surface area contributed by atoms with E-state index in [0.717, 1.165) is 18.7 Å². The highest BCUT2D eigenvalue weighted by molar-refractivity contribution is 5.88. The van der Waals surface area contributed by atoms with Gasteiger partial charge in [0.2, 0.25) is 5.91 Å². The molecular formula is C13H18N2O. The van der Waals surface area contributed by atoms with Gasteiger partial charge < -0.3 is 5.32 Å². The number of carbonyl (C=O) groups is 1. The Kier molecular flexibility index (Phi) is 2.97. The average Bonchev–Trinajstić information content (AvgIpc) is 2.19. The third kappa shape index (κ3) is 2.25. The van der Waals surface area contributed by atoms with Crippen LogP contribution in [0, 0.1) is 0 Å². The summed E-state index contributed by atoms with van der Waals surface area (Å²) in [5.41, 5.74) is 3.63. The Morgan fingerprint density at radius 1 is 1.44 bits per heavy atom. The van der Waals surface area contributed by atoms with Crippen LogP contribution in [-0.4, -0.2) is 23.9 Å². The van der Waals surface area contributed by atoms with E-state index in [-0.39, 0.29) is 5.91 Å². The summed E-state index contributed by atoms with van der Waals surface area (Å²) in [6.45, 7) is 4.76. The summed E-state index contributed by atoms with van der Waals surface area (Å²) in [4.78, 5) is 13.3. The topological polar surface area (TPSA) is 32.3 Å². The maximum atomic E-state index is 11.0. The Bertz CT molecular complexity index is 414. The second-order valence-corrected chi connectivity index (χ2v) is 4.63. The third-order valence-electron chi connectivity index (χ3n) is 3.21. The van der Waals surface area contributed by atoms with Gasteiger partial charge in [0, 0.05) is 25.2 Å². The fraction of sp³-hybridized carbons (Fsp3) is 0.462. The Morgan fingerprint density at radius 3 is 2.88 bits per heavy atom. The number of hydrogen-bond acceptors (Lipinski definition) is 2. The summed E-state index contributed by atoms with van der Waals surface area (Å²) < 4.78 is 0. The molecule has 0 spiro atoms. The summed E-state index contributed by atoms with van der Waals surface area (Å²) in [6, 6.07) is 6.76. The maximum absolute atomic E-state index is 11.0. The van der Waals surface area contributed by atoms with Crippen LogP contribution in [0.25, 0.3) is 0 Å². The van der Waals surface area contributed by atoms with Crippen molar-refractivity contribution in [2.24, 2.45) is 0 Å². The molecule has 1 amide bonds. The quantitative estimate of drug-likeness (QED) is 0.782. The molecule has 0 saturated carbocycles. The van der Waals surface area contributed by atoms with E-state index in [2.05, 4.69) is 36.3 Å². The number of likely N-dealkylation sites (N-methyl/N-ethyl adjacent to an activating group) is 1. The van der Waals surface area contributed by atoms with Crippen molar-refractivity contribution in [2.45, 2.75) is 32.9 Å². The number of nitrogens with one attached hydrogen (secondary N) is 1. The van der Waals surface area contributed by atoms with E-state index < -0.39 is 0 Å². The molecule has 0 aliphatic carbocycles. The molecule has 3 heteroatoms. The van der Waals surface area contributed by atoms with Crippen molar-refractivity contribution in [3.63, 3.8) is 0 Å². The van der Waals surface area contributed by atoms with Gasteiger partial charge in [-0.25, -0.2) is 0 Å². The molecule has 0 aromatic heterocycles. The van der Waals surface area contributed by atoms with Crippen molar-refractivity contribution in [1.29, 1.82) is 0 Å². The molecule has 2 rings (SSSR count). The second kappa shape index (κ2) is 4.26. The van der Waals surface area contributed by atoms with E-state index in [4.69, 9.17) is 0 Å². The standard InChI is InChI=1S/C13H18N2O/c1-9-6-12-7-13(14-10(2)16)5-4-11(12)8-15(9)3/h4-5,7,9H,6,8H2,1-3H3,(H,14,16). The monoisotopic (exact) mass is 218 g/mol. The lowest BCUT2D eigenvalue weighted by molar-refractivity contribution is -0.114. The number of amides is 1. The molecule has 16 heavy (non-hydrogen) atoms. The lowest BCUT2D eigenvalue weighted by atomic mass is 9.95. The Hall–Kier alpha value is -1.35. The van der Waals surface area contributed by atoms with Gasteiger partial charge >= 0.3 is 0 Å². The van der Waals surface area contributed by atoms with Gasteiger partial charge in [-0.15, -0.1) is 0 Å². The minimum Gasteiger partial charge on any atom is -0.326 e. The van der Waals surface area contributed by atoms with Gasteiger partial charge in [-0.05, 0) is 43.7 Å². The van der Waals surface area contributed by atoms with Crippen LogP contribution in [0.15, 0.2) is 18.2 Å². The smallest absolute Gasteiger partial charge is 0.221 e. The third-order valence-corrected chi connectivity index (χ3v) is 3.21. The number of rotatable bonds is 1. The molecule has 3 nitrogen and oxygen atoms in total. The zero-order chi connectivity index (χ0) is 11.7. The van der Waals surface area contributed by atoms with Crippen molar-refractivity contribution < 1.29 is 4.79 Å². The summed E-state index contributed by atoms with van der Waals surface area (Å²) in [6.07, 6.45) is 1.05. The van der Waals surface area contributed by atoms with E-state index in [1.165, 1.54) is 18.1 Å². The summed E-state index contributed by atoms with van der Waals surface area (Å²) in [5, 5.41) is 2.83. The summed E-state index contributed by atoms with van der Waals surface area (Å²) in [7, 11) is 2.15. The van der Waals surface area contributed by atoms with Crippen molar-refractivity contribution >= 4 is 11.6 Å². The average molecular weight is 218 g/mol. The fourth-order valence-electron chi connectivity index (χ4n) is 2.15. The molecule has 1 aliphatic heterocycles. The van der Waals surface area contributed by atoms with Gasteiger partial charge in [0.25, 0.3) is 0 Å². The van der Waals surface area contributed by atoms with Crippen molar-refractivity contribution in [3.8, 4) is 0 Å². The van der Waals surface area contributed by atoms with Crippen LogP contribution in [0.1, 0.15) is 25.0 Å². The minimum atomic E-state index is -0.0130. The van der Waals surface area contributed by atoms with Gasteiger partial charge in [-0.3, -0.25) is 9.69 Å². The Morgan fingerprint density at radius 2 is 2.19 bits per heavy atom. The second-order valence-electron chi connectivity index (χ2n) is 4.63. The molecule has 0 fully saturated rings. The molecule has 0 radical (unpaired) electrons. The van der Waals surface area contributed by atoms with E-state index in [9.17, 15) is 4.79 Å². The largest absolute Gasteiger partial charge is 0.326 e. The van der Waals surface area contributed by atoms with Crippen LogP contribution in [0.3, 0.4) is 0 Å². The Labute approximate surface area is 96.5 Å². The number of nitrogens with zero attached hydrogens (tertiary/aromatic N) is 1. The molecule has 1 aromatic carbocycles. The van der Waals surface area contributed by atoms with Crippen LogP contribution in [0.5, 0.6) is 0 Å². The number of hydrogen-bond donors (Lipinski definition) is 1. The van der Waals surface area contributed by atoms with E-state index in [0.29, 0.717) is 6.04 Å². The normalized spacial score (nSPS) is 20.3. The highest BCUT2D eigenvalue weighted by Crippen LogP contribution is 2.24. The fourth-order valence-corrected chi connectivity index (χ4v) is 2.15. The van der Waals surface area contributed by atoms with Crippen molar-refractivity contribution in [2.75, 3.05) is 12.4 Å². The van der Waals surface area contributed by atoms with Crippen LogP contribution >= 0.6 is 0 Å². The maximum Gasteiger partial charge on any atom is 0.221 e. The molecule has 86 valence electrons. The summed E-state index contributed by atoms with van der Waals surface area (Å²) in [5.74, 6) is -0.0130. The molecule has 1 N–H and O–H groups in total. The molecule has 1 aromatic rings. The molecule has 1 unspecified atom stereocenters. The highest BCUT2D eigenvalue weighted by atomic mass is 16.1. The molecule has 1 aliphatic rings. The first-order valence-electron chi connectivity index (χ1n) is 5.66. The molecular weight excluding hydrogens is 200 g/mol. The first-order chi connectivity index (χ1) is 7.56. The van der Waals surface area contributed by atoms with E-state index in [1.54, 1.807) is 0 Å². The summed E-state index contributed by atoms with van der Waals surface area (Å²) >= 11 is 0. The van der Waals surface area contributed by atoms with Gasteiger partial charge in [-0.2, -0.15) is 0 Å². The van der Waals surface area contributed by atoms with E-state index in [1.807, 2.05) is 6.07 Å². The van der Waals surface area contributed by atoms with Gasteiger partial charge in [-0.1, -0.05) is 6.07 Å². The lowest BCUT2D eigenvalue weighted by Gasteiger charge is -2.31. The van der Waals surface area contributed by atoms with Crippen LogP contribution < -0.4 is 5.32 Å². The lowest BCUT2D eigenvalue weighted by Crippen LogP contribution is -2.35. The van der Waals surface area contributed by atoms with Gasteiger partial charge in [0.05, 0.1) is 0 Å². The number of fused-ring (bicyclic) bond motifs is 1. The van der Waals surface area contributed by atoms with Crippen LogP contribution in [0.2, 0.25) is 0 Å². The van der Waals surface area contributed by atoms with Crippen molar-refractivity contribution in [3.05, 3.63) is 29.3 Å². The number of anilines is 1. The number of benzene rings is 1. The predicted molar refractivity (Wildman–Crippen MR) is 65.4 cm³/mol. The molecule has 0 bridgehead atoms. The Balaban J connectivity index is 2.25. The molecule has 0 saturated heterocycles. The number of carbonyl (C=O) groups excluding carboxylic acids is 1. The van der Waals surface area contributed by atoms with Gasteiger partial charge in [0.1, 0.15) is 0 Å². The zero-order valence-electron chi connectivity index (χ0n) is 10.1. The highest BCUT2D eigenvalue weighted by Gasteiger charge is 2.19. The van der Waals surface area contributed by atoms with Gasteiger partial charge in [0.15, 0.2) is 0 Å². The van der Waals surface area contributed by atoms with E-state index >= 15 is 0 Å². The van der Waals surface area contributed by atoms with Crippen molar-refractivity contribution in [1.82, 2.24) is 4.90 Å². The SMILES string of the molecule is CC(=O)Nc1ccc2c(c1)CC(C)N(C)C2. The molecule has 1 heterocycles. The van der Waals surface area contributed by atoms with Crippen LogP contribution in [-0.2, 0) is 17.8 Å². The first-order valence-corrected chi connectivity index (χ1v) is 5.66. The predicted octanol–water partition coefficient (Wildman–Crippen LogP) is 2.02. The minimum absolute atomic E-state index is 0.0130.